The number of hydrogen-bond donors (Lipinski definition) is 1. The lowest BCUT2D eigenvalue weighted by Gasteiger charge is -2.20. The van der Waals surface area contributed by atoms with Gasteiger partial charge < -0.3 is 5.73 Å². The quantitative estimate of drug-likeness (QED) is 0.854. The van der Waals surface area contributed by atoms with Gasteiger partial charge in [-0.25, -0.2) is 4.98 Å². The van der Waals surface area contributed by atoms with Crippen LogP contribution in [0.1, 0.15) is 62.6 Å². The molecule has 1 aromatic heterocycles. The van der Waals surface area contributed by atoms with Gasteiger partial charge >= 0.3 is 0 Å². The fourth-order valence-electron chi connectivity index (χ4n) is 2.18. The summed E-state index contributed by atoms with van der Waals surface area (Å²) in [5.74, 6) is 0.578. The molecule has 1 atom stereocenters. The van der Waals surface area contributed by atoms with E-state index in [9.17, 15) is 0 Å². The Hall–Kier alpha value is -0.410. The van der Waals surface area contributed by atoms with E-state index in [4.69, 9.17) is 10.7 Å². The molecule has 84 valence electrons. The molecule has 0 saturated heterocycles. The summed E-state index contributed by atoms with van der Waals surface area (Å²) in [5, 5.41) is 3.43. The van der Waals surface area contributed by atoms with Gasteiger partial charge in [0.25, 0.3) is 0 Å². The molecule has 3 heteroatoms. The third kappa shape index (κ3) is 2.08. The molecular formula is C12H20N2S. The van der Waals surface area contributed by atoms with Gasteiger partial charge in [0.1, 0.15) is 0 Å². The highest BCUT2D eigenvalue weighted by atomic mass is 32.1. The van der Waals surface area contributed by atoms with E-state index in [1.54, 1.807) is 11.3 Å². The normalized spacial score (nSPS) is 21.8. The Morgan fingerprint density at radius 3 is 2.80 bits per heavy atom. The first-order valence-corrected chi connectivity index (χ1v) is 6.78. The summed E-state index contributed by atoms with van der Waals surface area (Å²) in [5.41, 5.74) is 7.41. The molecule has 1 heterocycles. The van der Waals surface area contributed by atoms with E-state index in [-0.39, 0.29) is 5.54 Å². The fourth-order valence-corrected chi connectivity index (χ4v) is 3.25. The average molecular weight is 224 g/mol. The Labute approximate surface area is 95.9 Å². The van der Waals surface area contributed by atoms with Gasteiger partial charge in [0.15, 0.2) is 0 Å². The summed E-state index contributed by atoms with van der Waals surface area (Å²) in [7, 11) is 0. The molecule has 0 amide bonds. The number of aromatic nitrogens is 1. The molecule has 2 nitrogen and oxygen atoms in total. The lowest BCUT2D eigenvalue weighted by Crippen LogP contribution is -2.33. The van der Waals surface area contributed by atoms with Crippen LogP contribution < -0.4 is 5.73 Å². The van der Waals surface area contributed by atoms with Gasteiger partial charge in [-0.3, -0.25) is 0 Å². The van der Waals surface area contributed by atoms with Crippen LogP contribution in [0.2, 0.25) is 0 Å². The predicted molar refractivity (Wildman–Crippen MR) is 65.2 cm³/mol. The van der Waals surface area contributed by atoms with Crippen LogP contribution in [0.4, 0.5) is 0 Å². The van der Waals surface area contributed by atoms with Crippen LogP contribution in [0.25, 0.3) is 0 Å². The van der Waals surface area contributed by atoms with Crippen molar-refractivity contribution < 1.29 is 0 Å². The molecule has 1 aliphatic carbocycles. The van der Waals surface area contributed by atoms with Crippen molar-refractivity contribution in [2.45, 2.75) is 57.4 Å². The van der Waals surface area contributed by atoms with Gasteiger partial charge in [-0.1, -0.05) is 26.7 Å². The van der Waals surface area contributed by atoms with Gasteiger partial charge in [-0.15, -0.1) is 11.3 Å². The predicted octanol–water partition coefficient (Wildman–Crippen LogP) is 3.38. The zero-order valence-electron chi connectivity index (χ0n) is 9.62. The fraction of sp³-hybridized carbons (Fsp3) is 0.750. The van der Waals surface area contributed by atoms with Crippen LogP contribution in [0.5, 0.6) is 0 Å². The smallest absolute Gasteiger partial charge is 0.0957 e. The van der Waals surface area contributed by atoms with Crippen molar-refractivity contribution in [2.24, 2.45) is 5.73 Å². The number of nitrogens with zero attached hydrogens (tertiary/aromatic N) is 1. The minimum atomic E-state index is -0.109. The Balaban J connectivity index is 2.19. The first kappa shape index (κ1) is 11.1. The maximum Gasteiger partial charge on any atom is 0.0957 e. The second kappa shape index (κ2) is 4.22. The van der Waals surface area contributed by atoms with E-state index in [1.807, 2.05) is 0 Å². The number of nitrogens with two attached hydrogens (primary N) is 1. The topological polar surface area (TPSA) is 38.9 Å². The van der Waals surface area contributed by atoms with E-state index in [0.717, 1.165) is 25.0 Å². The second-order valence-electron chi connectivity index (χ2n) is 4.74. The monoisotopic (exact) mass is 224 g/mol. The van der Waals surface area contributed by atoms with Gasteiger partial charge in [0.2, 0.25) is 0 Å². The maximum absolute atomic E-state index is 6.38. The Bertz CT molecular complexity index is 326. The standard InChI is InChI=1S/C12H20N2S/c1-3-9(2)11-14-10(8-15-11)12(13)6-4-5-7-12/h8-9H,3-7,13H2,1-2H3. The molecule has 0 bridgehead atoms. The first-order valence-electron chi connectivity index (χ1n) is 5.90. The van der Waals surface area contributed by atoms with Crippen LogP contribution in [0.3, 0.4) is 0 Å². The van der Waals surface area contributed by atoms with Crippen molar-refractivity contribution >= 4 is 11.3 Å². The van der Waals surface area contributed by atoms with Crippen LogP contribution >= 0.6 is 11.3 Å². The third-order valence-corrected chi connectivity index (χ3v) is 4.64. The van der Waals surface area contributed by atoms with Gasteiger partial charge in [0.05, 0.1) is 16.2 Å². The molecule has 0 spiro atoms. The van der Waals surface area contributed by atoms with Crippen molar-refractivity contribution in [3.8, 4) is 0 Å². The van der Waals surface area contributed by atoms with E-state index in [2.05, 4.69) is 19.2 Å². The zero-order valence-corrected chi connectivity index (χ0v) is 10.4. The minimum absolute atomic E-state index is 0.109. The van der Waals surface area contributed by atoms with E-state index in [0.29, 0.717) is 5.92 Å². The van der Waals surface area contributed by atoms with Crippen LogP contribution in [0, 0.1) is 0 Å². The van der Waals surface area contributed by atoms with Gasteiger partial charge in [0, 0.05) is 11.3 Å². The molecule has 1 aliphatic rings. The molecule has 1 aromatic rings. The minimum Gasteiger partial charge on any atom is -0.320 e. The van der Waals surface area contributed by atoms with Crippen LogP contribution in [-0.4, -0.2) is 4.98 Å². The molecule has 1 unspecified atom stereocenters. The second-order valence-corrected chi connectivity index (χ2v) is 5.63. The van der Waals surface area contributed by atoms with Crippen molar-refractivity contribution in [1.29, 1.82) is 0 Å². The molecule has 1 saturated carbocycles. The summed E-state index contributed by atoms with van der Waals surface area (Å²) in [6.45, 7) is 4.44. The van der Waals surface area contributed by atoms with E-state index < -0.39 is 0 Å². The number of hydrogen-bond acceptors (Lipinski definition) is 3. The van der Waals surface area contributed by atoms with Crippen molar-refractivity contribution in [2.75, 3.05) is 0 Å². The summed E-state index contributed by atoms with van der Waals surface area (Å²) in [6.07, 6.45) is 5.89. The largest absolute Gasteiger partial charge is 0.320 e. The summed E-state index contributed by atoms with van der Waals surface area (Å²) < 4.78 is 0. The molecule has 2 rings (SSSR count). The highest BCUT2D eigenvalue weighted by Crippen LogP contribution is 2.37. The van der Waals surface area contributed by atoms with E-state index >= 15 is 0 Å². The molecule has 0 aliphatic heterocycles. The molecule has 0 aromatic carbocycles. The van der Waals surface area contributed by atoms with Crippen molar-refractivity contribution in [1.82, 2.24) is 4.98 Å². The number of thiazole rings is 1. The third-order valence-electron chi connectivity index (χ3n) is 3.56. The first-order chi connectivity index (χ1) is 7.15. The summed E-state index contributed by atoms with van der Waals surface area (Å²) >= 11 is 1.78. The Kier molecular flexibility index (Phi) is 3.12. The van der Waals surface area contributed by atoms with Gasteiger partial charge in [-0.05, 0) is 19.3 Å². The number of rotatable bonds is 3. The molecule has 1 fully saturated rings. The highest BCUT2D eigenvalue weighted by Gasteiger charge is 2.33. The Morgan fingerprint density at radius 2 is 2.20 bits per heavy atom. The van der Waals surface area contributed by atoms with Crippen molar-refractivity contribution in [3.05, 3.63) is 16.1 Å². The van der Waals surface area contributed by atoms with Gasteiger partial charge in [-0.2, -0.15) is 0 Å². The lowest BCUT2D eigenvalue weighted by molar-refractivity contribution is 0.448. The Morgan fingerprint density at radius 1 is 1.53 bits per heavy atom. The van der Waals surface area contributed by atoms with E-state index in [1.165, 1.54) is 17.8 Å². The SMILES string of the molecule is CCC(C)c1nc(C2(N)CCCC2)cs1. The zero-order chi connectivity index (χ0) is 10.9. The molecular weight excluding hydrogens is 204 g/mol. The summed E-state index contributed by atoms with van der Waals surface area (Å²) in [4.78, 5) is 4.73. The highest BCUT2D eigenvalue weighted by molar-refractivity contribution is 7.09. The lowest BCUT2D eigenvalue weighted by atomic mass is 9.96. The van der Waals surface area contributed by atoms with Crippen molar-refractivity contribution in [3.63, 3.8) is 0 Å². The molecule has 0 radical (unpaired) electrons. The molecule has 15 heavy (non-hydrogen) atoms. The maximum atomic E-state index is 6.38. The average Bonchev–Trinajstić information content (AvgIpc) is 2.85. The van der Waals surface area contributed by atoms with Crippen LogP contribution in [-0.2, 0) is 5.54 Å². The molecule has 2 N–H and O–H groups in total. The summed E-state index contributed by atoms with van der Waals surface area (Å²) in [6, 6.07) is 0. The van der Waals surface area contributed by atoms with Crippen LogP contribution in [0.15, 0.2) is 5.38 Å².